The Bertz CT molecular complexity index is 2740. The maximum atomic E-state index is 9.67. The van der Waals surface area contributed by atoms with Crippen molar-refractivity contribution >= 4 is 64.6 Å². The molecular formula is C48H42O2. The van der Waals surface area contributed by atoms with Crippen LogP contribution in [-0.2, 0) is 0 Å². The molecule has 9 rings (SSSR count). The highest BCUT2D eigenvalue weighted by Crippen LogP contribution is 2.36. The van der Waals surface area contributed by atoms with Crippen molar-refractivity contribution in [3.05, 3.63) is 167 Å². The lowest BCUT2D eigenvalue weighted by Gasteiger charge is -2.09. The lowest BCUT2D eigenvalue weighted by Crippen LogP contribution is -1.84. The molecule has 0 saturated heterocycles. The lowest BCUT2D eigenvalue weighted by molar-refractivity contribution is 0.405. The number of fused-ring (bicyclic) bond motifs is 9. The summed E-state index contributed by atoms with van der Waals surface area (Å²) in [4.78, 5) is 0. The van der Waals surface area contributed by atoms with E-state index in [0.29, 0.717) is 0 Å². The first-order valence-corrected chi connectivity index (χ1v) is 17.2. The summed E-state index contributed by atoms with van der Waals surface area (Å²) in [6.45, 7) is 12.8. The number of phenolic OH excluding ortho intramolecular Hbond substituents is 2. The Morgan fingerprint density at radius 3 is 1.36 bits per heavy atom. The van der Waals surface area contributed by atoms with Crippen molar-refractivity contribution in [3.8, 4) is 11.5 Å². The molecule has 9 aromatic carbocycles. The molecule has 2 heteroatoms. The Hall–Kier alpha value is -5.86. The van der Waals surface area contributed by atoms with E-state index in [1.807, 2.05) is 12.1 Å². The summed E-state index contributed by atoms with van der Waals surface area (Å²) in [5.74, 6) is -0.151. The van der Waals surface area contributed by atoms with E-state index in [9.17, 15) is 10.2 Å². The third kappa shape index (κ3) is 6.21. The minimum atomic E-state index is -0.0772. The Morgan fingerprint density at radius 2 is 0.740 bits per heavy atom. The molecule has 0 aromatic heterocycles. The van der Waals surface area contributed by atoms with Crippen LogP contribution >= 0.6 is 0 Å². The quantitative estimate of drug-likeness (QED) is 0.127. The Balaban J connectivity index is 0.000000118. The van der Waals surface area contributed by atoms with E-state index < -0.39 is 0 Å². The topological polar surface area (TPSA) is 40.5 Å². The van der Waals surface area contributed by atoms with Crippen LogP contribution in [0.5, 0.6) is 11.5 Å². The maximum absolute atomic E-state index is 9.67. The molecule has 0 spiro atoms. The maximum Gasteiger partial charge on any atom is 0.158 e. The second-order valence-electron chi connectivity index (χ2n) is 13.7. The Labute approximate surface area is 293 Å². The molecule has 0 amide bonds. The molecule has 2 N–H and O–H groups in total. The van der Waals surface area contributed by atoms with Gasteiger partial charge in [-0.25, -0.2) is 0 Å². The van der Waals surface area contributed by atoms with Gasteiger partial charge in [-0.15, -0.1) is 0 Å². The molecule has 0 atom stereocenters. The van der Waals surface area contributed by atoms with Gasteiger partial charge in [0.05, 0.1) is 0 Å². The van der Waals surface area contributed by atoms with Crippen molar-refractivity contribution in [2.75, 3.05) is 0 Å². The van der Waals surface area contributed by atoms with Crippen LogP contribution in [-0.4, -0.2) is 10.2 Å². The van der Waals surface area contributed by atoms with Crippen LogP contribution < -0.4 is 0 Å². The molecule has 0 heterocycles. The molecule has 0 aliphatic carbocycles. The van der Waals surface area contributed by atoms with Crippen molar-refractivity contribution in [1.29, 1.82) is 0 Å². The zero-order valence-corrected chi connectivity index (χ0v) is 29.6. The van der Waals surface area contributed by atoms with Gasteiger partial charge in [0.1, 0.15) is 0 Å². The van der Waals surface area contributed by atoms with Gasteiger partial charge in [0.25, 0.3) is 0 Å². The molecule has 0 saturated carbocycles. The largest absolute Gasteiger partial charge is 0.504 e. The van der Waals surface area contributed by atoms with Crippen LogP contribution in [0.15, 0.2) is 133 Å². The Kier molecular flexibility index (Phi) is 8.64. The molecule has 0 radical (unpaired) electrons. The second-order valence-corrected chi connectivity index (χ2v) is 13.7. The summed E-state index contributed by atoms with van der Waals surface area (Å²) in [6, 6.07) is 46.6. The summed E-state index contributed by atoms with van der Waals surface area (Å²) in [5.41, 5.74) is 7.83. The van der Waals surface area contributed by atoms with Crippen LogP contribution in [0, 0.1) is 41.5 Å². The fraction of sp³-hybridized carbons (Fsp3) is 0.125. The van der Waals surface area contributed by atoms with Gasteiger partial charge in [0, 0.05) is 0 Å². The first-order chi connectivity index (χ1) is 24.1. The zero-order chi connectivity index (χ0) is 35.1. The van der Waals surface area contributed by atoms with Crippen LogP contribution in [0.4, 0.5) is 0 Å². The van der Waals surface area contributed by atoms with Gasteiger partial charge in [-0.1, -0.05) is 132 Å². The smallest absolute Gasteiger partial charge is 0.158 e. The van der Waals surface area contributed by atoms with Crippen molar-refractivity contribution in [2.24, 2.45) is 0 Å². The summed E-state index contributed by atoms with van der Waals surface area (Å²) in [5, 5.41) is 34.2. The first-order valence-electron chi connectivity index (χ1n) is 17.2. The van der Waals surface area contributed by atoms with Gasteiger partial charge < -0.3 is 10.2 Å². The number of aryl methyl sites for hydroxylation is 6. The predicted molar refractivity (Wildman–Crippen MR) is 216 cm³/mol. The Morgan fingerprint density at radius 1 is 0.300 bits per heavy atom. The molecule has 2 nitrogen and oxygen atoms in total. The number of phenols is 2. The van der Waals surface area contributed by atoms with E-state index in [2.05, 4.69) is 151 Å². The van der Waals surface area contributed by atoms with Gasteiger partial charge >= 0.3 is 0 Å². The van der Waals surface area contributed by atoms with Crippen molar-refractivity contribution in [2.45, 2.75) is 41.5 Å². The van der Waals surface area contributed by atoms with Crippen molar-refractivity contribution < 1.29 is 10.2 Å². The van der Waals surface area contributed by atoms with E-state index in [4.69, 9.17) is 0 Å². The highest BCUT2D eigenvalue weighted by Gasteiger charge is 2.08. The monoisotopic (exact) mass is 650 g/mol. The molecule has 0 bridgehead atoms. The summed E-state index contributed by atoms with van der Waals surface area (Å²) in [7, 11) is 0. The molecule has 0 unspecified atom stereocenters. The summed E-state index contributed by atoms with van der Waals surface area (Å²) < 4.78 is 0. The molecule has 0 fully saturated rings. The molecule has 0 aliphatic rings. The number of benzene rings is 9. The van der Waals surface area contributed by atoms with Crippen LogP contribution in [0.25, 0.3) is 64.6 Å². The van der Waals surface area contributed by atoms with Crippen LogP contribution in [0.2, 0.25) is 0 Å². The third-order valence-electron chi connectivity index (χ3n) is 9.91. The fourth-order valence-corrected chi connectivity index (χ4v) is 7.45. The van der Waals surface area contributed by atoms with Gasteiger partial charge in [-0.3, -0.25) is 0 Å². The van der Waals surface area contributed by atoms with Crippen molar-refractivity contribution in [1.82, 2.24) is 0 Å². The average Bonchev–Trinajstić information content (AvgIpc) is 3.09. The molecule has 246 valence electrons. The number of rotatable bonds is 0. The standard InChI is InChI=1S/C16H14O2.2C16H14/c1-9-5-10(2)16-12(6-9)4-3-11-7-14(17)15(18)8-13(11)16;1-11-9-14-8-7-13-5-3-4-6-15(13)16(14)10-12(11)2;1-11-9-12(2)16-14(10-11)8-7-13-5-3-4-6-15(13)16/h3-8,17-18H,1-2H3;2*3-10H,1-2H3. The normalized spacial score (nSPS) is 11.2. The third-order valence-corrected chi connectivity index (χ3v) is 9.91. The lowest BCUT2D eigenvalue weighted by atomic mass is 9.96. The highest BCUT2D eigenvalue weighted by atomic mass is 16.3. The average molecular weight is 651 g/mol. The van der Waals surface area contributed by atoms with E-state index in [1.165, 1.54) is 76.5 Å². The van der Waals surface area contributed by atoms with Crippen LogP contribution in [0.3, 0.4) is 0 Å². The minimum absolute atomic E-state index is 0.0741. The molecular weight excluding hydrogens is 609 g/mol. The zero-order valence-electron chi connectivity index (χ0n) is 29.6. The molecule has 50 heavy (non-hydrogen) atoms. The minimum Gasteiger partial charge on any atom is -0.504 e. The van der Waals surface area contributed by atoms with Gasteiger partial charge in [0.2, 0.25) is 0 Å². The van der Waals surface area contributed by atoms with Gasteiger partial charge in [-0.2, -0.15) is 0 Å². The number of hydrogen-bond donors (Lipinski definition) is 2. The van der Waals surface area contributed by atoms with Gasteiger partial charge in [-0.05, 0) is 141 Å². The number of aromatic hydroxyl groups is 2. The van der Waals surface area contributed by atoms with E-state index in [1.54, 1.807) is 12.1 Å². The van der Waals surface area contributed by atoms with Gasteiger partial charge in [0.15, 0.2) is 11.5 Å². The highest BCUT2D eigenvalue weighted by molar-refractivity contribution is 6.11. The van der Waals surface area contributed by atoms with E-state index in [0.717, 1.165) is 21.5 Å². The van der Waals surface area contributed by atoms with Crippen LogP contribution in [0.1, 0.15) is 33.4 Å². The van der Waals surface area contributed by atoms with E-state index >= 15 is 0 Å². The second kappa shape index (κ2) is 13.2. The summed E-state index contributed by atoms with van der Waals surface area (Å²) >= 11 is 0. The number of hydrogen-bond acceptors (Lipinski definition) is 2. The fourth-order valence-electron chi connectivity index (χ4n) is 7.45. The summed E-state index contributed by atoms with van der Waals surface area (Å²) in [6.07, 6.45) is 0. The first kappa shape index (κ1) is 32.7. The van der Waals surface area contributed by atoms with E-state index in [-0.39, 0.29) is 11.5 Å². The molecule has 0 aliphatic heterocycles. The van der Waals surface area contributed by atoms with Crippen molar-refractivity contribution in [3.63, 3.8) is 0 Å². The molecule has 9 aromatic rings. The SMILES string of the molecule is Cc1cc(C)c2c(ccc3cc(O)c(O)cc32)c1.Cc1cc(C)c2c(ccc3ccccc32)c1.Cc1cc2ccc3ccccc3c2cc1C. The predicted octanol–water partition coefficient (Wildman–Crippen LogP) is 13.2.